The minimum atomic E-state index is 0.283. The van der Waals surface area contributed by atoms with Gasteiger partial charge >= 0.3 is 0 Å². The molecule has 6 heteroatoms. The molecule has 0 aromatic heterocycles. The Morgan fingerprint density at radius 3 is 2.82 bits per heavy atom. The highest BCUT2D eigenvalue weighted by molar-refractivity contribution is 7.99. The van der Waals surface area contributed by atoms with Crippen LogP contribution in [0.1, 0.15) is 6.42 Å². The molecule has 2 aliphatic rings. The molecular formula is C16H22ClN3OS. The first-order chi connectivity index (χ1) is 10.7. The monoisotopic (exact) mass is 339 g/mol. The van der Waals surface area contributed by atoms with E-state index in [-0.39, 0.29) is 5.91 Å². The number of benzene rings is 1. The van der Waals surface area contributed by atoms with Crippen LogP contribution < -0.4 is 10.2 Å². The highest BCUT2D eigenvalue weighted by Crippen LogP contribution is 2.21. The van der Waals surface area contributed by atoms with E-state index in [9.17, 15) is 4.79 Å². The maximum absolute atomic E-state index is 12.4. The fourth-order valence-corrected chi connectivity index (χ4v) is 4.11. The van der Waals surface area contributed by atoms with Crippen LogP contribution in [0.25, 0.3) is 0 Å². The number of halogens is 1. The largest absolute Gasteiger partial charge is 0.368 e. The zero-order valence-electron chi connectivity index (χ0n) is 12.6. The second-order valence-electron chi connectivity index (χ2n) is 5.78. The molecular weight excluding hydrogens is 318 g/mol. The zero-order valence-corrected chi connectivity index (χ0v) is 14.2. The van der Waals surface area contributed by atoms with E-state index >= 15 is 0 Å². The fourth-order valence-electron chi connectivity index (χ4n) is 2.98. The van der Waals surface area contributed by atoms with Gasteiger partial charge in [0.25, 0.3) is 0 Å². The molecule has 1 amide bonds. The van der Waals surface area contributed by atoms with Gasteiger partial charge in [0.05, 0.1) is 0 Å². The van der Waals surface area contributed by atoms with Gasteiger partial charge in [0.15, 0.2) is 0 Å². The van der Waals surface area contributed by atoms with Crippen molar-refractivity contribution >= 4 is 35.0 Å². The molecule has 1 aromatic carbocycles. The minimum absolute atomic E-state index is 0.283. The van der Waals surface area contributed by atoms with Crippen molar-refractivity contribution in [2.75, 3.05) is 49.1 Å². The lowest BCUT2D eigenvalue weighted by atomic mass is 10.2. The Kier molecular flexibility index (Phi) is 5.50. The topological polar surface area (TPSA) is 35.6 Å². The van der Waals surface area contributed by atoms with E-state index in [4.69, 9.17) is 11.6 Å². The Morgan fingerprint density at radius 2 is 2.14 bits per heavy atom. The van der Waals surface area contributed by atoms with Gasteiger partial charge in [-0.25, -0.2) is 0 Å². The van der Waals surface area contributed by atoms with Crippen LogP contribution in [0.5, 0.6) is 0 Å². The average molecular weight is 340 g/mol. The van der Waals surface area contributed by atoms with Crippen LogP contribution in [0.15, 0.2) is 24.3 Å². The highest BCUT2D eigenvalue weighted by Gasteiger charge is 2.24. The Balaban J connectivity index is 1.49. The number of nitrogens with one attached hydrogen (secondary N) is 1. The van der Waals surface area contributed by atoms with Crippen molar-refractivity contribution in [1.82, 2.24) is 10.2 Å². The molecule has 1 N–H and O–H groups in total. The Labute approximate surface area is 141 Å². The van der Waals surface area contributed by atoms with Gasteiger partial charge in [-0.1, -0.05) is 17.7 Å². The molecule has 0 bridgehead atoms. The molecule has 3 rings (SSSR count). The standard InChI is InChI=1S/C16H22ClN3OS/c17-13-2-1-3-15(10-13)19-5-7-20(8-6-19)16(21)11-14-12-22-9-4-18-14/h1-3,10,14,18H,4-9,11-12H2. The fraction of sp³-hybridized carbons (Fsp3) is 0.562. The number of hydrogen-bond acceptors (Lipinski definition) is 4. The Morgan fingerprint density at radius 1 is 1.32 bits per heavy atom. The summed E-state index contributed by atoms with van der Waals surface area (Å²) in [6.07, 6.45) is 0.629. The predicted molar refractivity (Wildman–Crippen MR) is 94.0 cm³/mol. The number of amides is 1. The maximum atomic E-state index is 12.4. The number of carbonyl (C=O) groups excluding carboxylic acids is 1. The van der Waals surface area contributed by atoms with Crippen molar-refractivity contribution in [3.63, 3.8) is 0 Å². The second kappa shape index (κ2) is 7.57. The maximum Gasteiger partial charge on any atom is 0.224 e. The number of piperazine rings is 1. The lowest BCUT2D eigenvalue weighted by Gasteiger charge is -2.37. The lowest BCUT2D eigenvalue weighted by Crippen LogP contribution is -2.50. The molecule has 1 aromatic rings. The van der Waals surface area contributed by atoms with Crippen LogP contribution in [0, 0.1) is 0 Å². The molecule has 1 unspecified atom stereocenters. The molecule has 0 spiro atoms. The second-order valence-corrected chi connectivity index (χ2v) is 7.36. The van der Waals surface area contributed by atoms with Gasteiger partial charge in [-0.3, -0.25) is 4.79 Å². The third-order valence-electron chi connectivity index (χ3n) is 4.23. The van der Waals surface area contributed by atoms with E-state index in [0.29, 0.717) is 12.5 Å². The third kappa shape index (κ3) is 4.09. The van der Waals surface area contributed by atoms with Crippen molar-refractivity contribution in [1.29, 1.82) is 0 Å². The molecule has 0 aliphatic carbocycles. The van der Waals surface area contributed by atoms with Gasteiger partial charge in [0.1, 0.15) is 0 Å². The first kappa shape index (κ1) is 16.0. The molecule has 2 fully saturated rings. The van der Waals surface area contributed by atoms with Crippen LogP contribution in [0.2, 0.25) is 5.02 Å². The van der Waals surface area contributed by atoms with Crippen LogP contribution in [-0.4, -0.2) is 61.1 Å². The SMILES string of the molecule is O=C(CC1CSCCN1)N1CCN(c2cccc(Cl)c2)CC1. The van der Waals surface area contributed by atoms with Crippen LogP contribution in [0.4, 0.5) is 5.69 Å². The smallest absolute Gasteiger partial charge is 0.224 e. The first-order valence-corrected chi connectivity index (χ1v) is 9.35. The van der Waals surface area contributed by atoms with Crippen molar-refractivity contribution in [3.8, 4) is 0 Å². The van der Waals surface area contributed by atoms with Gasteiger partial charge in [-0.15, -0.1) is 0 Å². The first-order valence-electron chi connectivity index (χ1n) is 7.82. The lowest BCUT2D eigenvalue weighted by molar-refractivity contribution is -0.131. The molecule has 0 radical (unpaired) electrons. The molecule has 2 heterocycles. The van der Waals surface area contributed by atoms with E-state index in [1.807, 2.05) is 34.9 Å². The number of thioether (sulfide) groups is 1. The molecule has 2 saturated heterocycles. The zero-order chi connectivity index (χ0) is 15.4. The number of nitrogens with zero attached hydrogens (tertiary/aromatic N) is 2. The number of carbonyl (C=O) groups is 1. The van der Waals surface area contributed by atoms with Crippen LogP contribution >= 0.6 is 23.4 Å². The molecule has 4 nitrogen and oxygen atoms in total. The summed E-state index contributed by atoms with van der Waals surface area (Å²) in [6.45, 7) is 4.36. The van der Waals surface area contributed by atoms with Crippen molar-refractivity contribution in [3.05, 3.63) is 29.3 Å². The highest BCUT2D eigenvalue weighted by atomic mass is 35.5. The summed E-state index contributed by atoms with van der Waals surface area (Å²) in [7, 11) is 0. The summed E-state index contributed by atoms with van der Waals surface area (Å²) in [5.74, 6) is 2.49. The summed E-state index contributed by atoms with van der Waals surface area (Å²) in [4.78, 5) is 16.7. The van der Waals surface area contributed by atoms with Crippen molar-refractivity contribution in [2.45, 2.75) is 12.5 Å². The van der Waals surface area contributed by atoms with E-state index in [0.717, 1.165) is 54.9 Å². The summed E-state index contributed by atoms with van der Waals surface area (Å²) >= 11 is 7.99. The summed E-state index contributed by atoms with van der Waals surface area (Å²) in [5.41, 5.74) is 1.14. The van der Waals surface area contributed by atoms with E-state index in [1.54, 1.807) is 0 Å². The molecule has 120 valence electrons. The molecule has 1 atom stereocenters. The third-order valence-corrected chi connectivity index (χ3v) is 5.59. The quantitative estimate of drug-likeness (QED) is 0.914. The minimum Gasteiger partial charge on any atom is -0.368 e. The van der Waals surface area contributed by atoms with Gasteiger partial charge in [-0.2, -0.15) is 11.8 Å². The Bertz CT molecular complexity index is 514. The normalized spacial score (nSPS) is 22.7. The van der Waals surface area contributed by atoms with Gasteiger partial charge in [-0.05, 0) is 18.2 Å². The number of hydrogen-bond donors (Lipinski definition) is 1. The Hall–Kier alpha value is -0.910. The predicted octanol–water partition coefficient (Wildman–Crippen LogP) is 2.08. The summed E-state index contributed by atoms with van der Waals surface area (Å²) in [6, 6.07) is 8.27. The van der Waals surface area contributed by atoms with E-state index in [2.05, 4.69) is 16.3 Å². The van der Waals surface area contributed by atoms with Gasteiger partial charge < -0.3 is 15.1 Å². The van der Waals surface area contributed by atoms with E-state index < -0.39 is 0 Å². The number of anilines is 1. The van der Waals surface area contributed by atoms with Crippen LogP contribution in [0.3, 0.4) is 0 Å². The summed E-state index contributed by atoms with van der Waals surface area (Å²) < 4.78 is 0. The van der Waals surface area contributed by atoms with Crippen molar-refractivity contribution in [2.24, 2.45) is 0 Å². The molecule has 2 aliphatic heterocycles. The number of rotatable bonds is 3. The van der Waals surface area contributed by atoms with E-state index in [1.165, 1.54) is 0 Å². The molecule has 0 saturated carbocycles. The average Bonchev–Trinajstić information content (AvgIpc) is 2.56. The summed E-state index contributed by atoms with van der Waals surface area (Å²) in [5, 5.41) is 4.20. The van der Waals surface area contributed by atoms with Crippen LogP contribution in [-0.2, 0) is 4.79 Å². The van der Waals surface area contributed by atoms with Gasteiger partial charge in [0, 0.05) is 67.4 Å². The van der Waals surface area contributed by atoms with Crippen molar-refractivity contribution < 1.29 is 4.79 Å². The molecule has 22 heavy (non-hydrogen) atoms. The van der Waals surface area contributed by atoms with Gasteiger partial charge in [0.2, 0.25) is 5.91 Å².